The molecule has 2 fully saturated rings. The lowest BCUT2D eigenvalue weighted by Crippen LogP contribution is -2.42. The molecule has 1 saturated heterocycles. The summed E-state index contributed by atoms with van der Waals surface area (Å²) in [5.74, 6) is 2.12. The van der Waals surface area contributed by atoms with E-state index in [1.165, 1.54) is 84.0 Å². The number of piperidine rings is 1. The van der Waals surface area contributed by atoms with E-state index in [-0.39, 0.29) is 0 Å². The average molecular weight is 280 g/mol. The zero-order chi connectivity index (χ0) is 14.2. The fourth-order valence-electron chi connectivity index (χ4n) is 4.24. The molecular weight excluding hydrogens is 244 g/mol. The molecule has 2 rings (SSSR count). The van der Waals surface area contributed by atoms with Crippen LogP contribution in [0.2, 0.25) is 0 Å². The second kappa shape index (κ2) is 9.04. The van der Waals surface area contributed by atoms with E-state index in [0.29, 0.717) is 0 Å². The van der Waals surface area contributed by atoms with Gasteiger partial charge in [-0.15, -0.1) is 0 Å². The third-order valence-electron chi connectivity index (χ3n) is 5.58. The first-order chi connectivity index (χ1) is 9.83. The van der Waals surface area contributed by atoms with Gasteiger partial charge in [-0.1, -0.05) is 33.1 Å². The molecule has 0 radical (unpaired) electrons. The van der Waals surface area contributed by atoms with Crippen LogP contribution in [0.3, 0.4) is 0 Å². The zero-order valence-electron chi connectivity index (χ0n) is 13.9. The Morgan fingerprint density at radius 2 is 1.90 bits per heavy atom. The Balaban J connectivity index is 1.61. The van der Waals surface area contributed by atoms with Crippen LogP contribution in [-0.2, 0) is 0 Å². The van der Waals surface area contributed by atoms with Crippen molar-refractivity contribution < 1.29 is 0 Å². The summed E-state index contributed by atoms with van der Waals surface area (Å²) in [5, 5.41) is 3.68. The summed E-state index contributed by atoms with van der Waals surface area (Å²) in [6.45, 7) is 9.89. The first-order valence-electron chi connectivity index (χ1n) is 9.29. The molecule has 2 aliphatic rings. The van der Waals surface area contributed by atoms with E-state index in [0.717, 1.165) is 17.9 Å². The minimum atomic E-state index is 0.752. The number of nitrogens with one attached hydrogen (secondary N) is 1. The smallest absolute Gasteiger partial charge is 0.00649 e. The van der Waals surface area contributed by atoms with Crippen molar-refractivity contribution in [2.24, 2.45) is 11.8 Å². The molecule has 1 N–H and O–H groups in total. The Morgan fingerprint density at radius 3 is 2.65 bits per heavy atom. The quantitative estimate of drug-likeness (QED) is 0.721. The van der Waals surface area contributed by atoms with Crippen LogP contribution in [0.15, 0.2) is 0 Å². The highest BCUT2D eigenvalue weighted by molar-refractivity contribution is 4.83. The van der Waals surface area contributed by atoms with Crippen molar-refractivity contribution in [2.75, 3.05) is 26.2 Å². The summed E-state index contributed by atoms with van der Waals surface area (Å²) in [6.07, 6.45) is 12.8. The first-order valence-corrected chi connectivity index (χ1v) is 9.29. The summed E-state index contributed by atoms with van der Waals surface area (Å²) in [5.41, 5.74) is 0. The second-order valence-electron chi connectivity index (χ2n) is 7.10. The lowest BCUT2D eigenvalue weighted by molar-refractivity contribution is 0.0851. The topological polar surface area (TPSA) is 15.3 Å². The van der Waals surface area contributed by atoms with Gasteiger partial charge in [0.05, 0.1) is 0 Å². The summed E-state index contributed by atoms with van der Waals surface area (Å²) in [7, 11) is 0. The van der Waals surface area contributed by atoms with Gasteiger partial charge < -0.3 is 10.2 Å². The Labute approximate surface area is 126 Å². The third kappa shape index (κ3) is 5.04. The maximum atomic E-state index is 3.68. The predicted molar refractivity (Wildman–Crippen MR) is 88.1 cm³/mol. The van der Waals surface area contributed by atoms with Crippen molar-refractivity contribution in [1.29, 1.82) is 0 Å². The van der Waals surface area contributed by atoms with E-state index < -0.39 is 0 Å². The monoisotopic (exact) mass is 280 g/mol. The van der Waals surface area contributed by atoms with Crippen molar-refractivity contribution in [3.05, 3.63) is 0 Å². The highest BCUT2D eigenvalue weighted by Crippen LogP contribution is 2.36. The largest absolute Gasteiger partial charge is 0.314 e. The number of rotatable bonds is 8. The van der Waals surface area contributed by atoms with Gasteiger partial charge in [0.2, 0.25) is 0 Å². The van der Waals surface area contributed by atoms with Gasteiger partial charge in [-0.3, -0.25) is 0 Å². The highest BCUT2D eigenvalue weighted by Gasteiger charge is 2.30. The number of fused-ring (bicyclic) bond motifs is 1. The van der Waals surface area contributed by atoms with Crippen molar-refractivity contribution >= 4 is 0 Å². The molecule has 0 aromatic carbocycles. The second-order valence-corrected chi connectivity index (χ2v) is 7.10. The predicted octanol–water partition coefficient (Wildman–Crippen LogP) is 4.06. The van der Waals surface area contributed by atoms with Crippen LogP contribution < -0.4 is 5.32 Å². The lowest BCUT2D eigenvalue weighted by atomic mass is 9.75. The van der Waals surface area contributed by atoms with E-state index in [4.69, 9.17) is 0 Å². The molecule has 20 heavy (non-hydrogen) atoms. The normalized spacial score (nSPS) is 29.1. The molecule has 0 spiro atoms. The number of nitrogens with zero attached hydrogens (tertiary/aromatic N) is 1. The average Bonchev–Trinajstić information content (AvgIpc) is 2.50. The van der Waals surface area contributed by atoms with Crippen LogP contribution in [0, 0.1) is 11.8 Å². The number of hydrogen-bond acceptors (Lipinski definition) is 2. The fraction of sp³-hybridized carbons (Fsp3) is 1.00. The Morgan fingerprint density at radius 1 is 1.10 bits per heavy atom. The van der Waals surface area contributed by atoms with E-state index >= 15 is 0 Å². The minimum Gasteiger partial charge on any atom is -0.314 e. The van der Waals surface area contributed by atoms with E-state index in [2.05, 4.69) is 24.1 Å². The van der Waals surface area contributed by atoms with Crippen molar-refractivity contribution in [3.63, 3.8) is 0 Å². The molecule has 2 heteroatoms. The molecule has 0 aromatic heterocycles. The summed E-state index contributed by atoms with van der Waals surface area (Å²) >= 11 is 0. The van der Waals surface area contributed by atoms with Gasteiger partial charge in [0.1, 0.15) is 0 Å². The van der Waals surface area contributed by atoms with Crippen molar-refractivity contribution in [1.82, 2.24) is 10.2 Å². The zero-order valence-corrected chi connectivity index (χ0v) is 13.9. The maximum absolute atomic E-state index is 3.68. The SMILES string of the molecule is CCCNC(CC)CCCN1CCC2CCCCC2C1. The maximum Gasteiger partial charge on any atom is 0.00649 e. The van der Waals surface area contributed by atoms with Gasteiger partial charge >= 0.3 is 0 Å². The lowest BCUT2D eigenvalue weighted by Gasteiger charge is -2.41. The fourth-order valence-corrected chi connectivity index (χ4v) is 4.24. The number of hydrogen-bond donors (Lipinski definition) is 1. The Hall–Kier alpha value is -0.0800. The van der Waals surface area contributed by atoms with Crippen molar-refractivity contribution in [3.8, 4) is 0 Å². The molecule has 0 amide bonds. The summed E-state index contributed by atoms with van der Waals surface area (Å²) in [4.78, 5) is 2.76. The molecule has 1 heterocycles. The van der Waals surface area contributed by atoms with Crippen LogP contribution >= 0.6 is 0 Å². The van der Waals surface area contributed by atoms with Crippen LogP contribution in [0.4, 0.5) is 0 Å². The Kier molecular flexibility index (Phi) is 7.37. The van der Waals surface area contributed by atoms with Gasteiger partial charge in [-0.05, 0) is 70.0 Å². The highest BCUT2D eigenvalue weighted by atomic mass is 15.1. The molecular formula is C18H36N2. The van der Waals surface area contributed by atoms with E-state index in [1.54, 1.807) is 0 Å². The molecule has 3 unspecified atom stereocenters. The number of likely N-dealkylation sites (tertiary alicyclic amines) is 1. The van der Waals surface area contributed by atoms with Crippen LogP contribution in [-0.4, -0.2) is 37.1 Å². The molecule has 0 bridgehead atoms. The molecule has 1 aliphatic carbocycles. The minimum absolute atomic E-state index is 0.752. The van der Waals surface area contributed by atoms with E-state index in [1.807, 2.05) is 0 Å². The van der Waals surface area contributed by atoms with Crippen LogP contribution in [0.25, 0.3) is 0 Å². The van der Waals surface area contributed by atoms with E-state index in [9.17, 15) is 0 Å². The van der Waals surface area contributed by atoms with Gasteiger partial charge in [0.25, 0.3) is 0 Å². The third-order valence-corrected chi connectivity index (χ3v) is 5.58. The van der Waals surface area contributed by atoms with Gasteiger partial charge in [0.15, 0.2) is 0 Å². The standard InChI is InChI=1S/C18H36N2/c1-3-12-19-18(4-2)10-7-13-20-14-11-16-8-5-6-9-17(16)15-20/h16-19H,3-15H2,1-2H3. The van der Waals surface area contributed by atoms with Crippen LogP contribution in [0.1, 0.15) is 71.6 Å². The molecule has 118 valence electrons. The molecule has 1 saturated carbocycles. The van der Waals surface area contributed by atoms with Gasteiger partial charge in [0, 0.05) is 12.6 Å². The summed E-state index contributed by atoms with van der Waals surface area (Å²) < 4.78 is 0. The molecule has 2 nitrogen and oxygen atoms in total. The molecule has 1 aliphatic heterocycles. The first kappa shape index (κ1) is 16.3. The summed E-state index contributed by atoms with van der Waals surface area (Å²) in [6, 6.07) is 0.752. The Bertz CT molecular complexity index is 254. The van der Waals surface area contributed by atoms with Crippen LogP contribution in [0.5, 0.6) is 0 Å². The van der Waals surface area contributed by atoms with Crippen molar-refractivity contribution in [2.45, 2.75) is 77.7 Å². The molecule has 0 aromatic rings. The van der Waals surface area contributed by atoms with Gasteiger partial charge in [-0.25, -0.2) is 0 Å². The molecule has 3 atom stereocenters. The van der Waals surface area contributed by atoms with Gasteiger partial charge in [-0.2, -0.15) is 0 Å².